The summed E-state index contributed by atoms with van der Waals surface area (Å²) in [6, 6.07) is 9.34. The van der Waals surface area contributed by atoms with Crippen LogP contribution < -0.4 is 0 Å². The molecule has 0 unspecified atom stereocenters. The van der Waals surface area contributed by atoms with E-state index >= 15 is 0 Å². The maximum absolute atomic E-state index is 13.2. The van der Waals surface area contributed by atoms with E-state index in [2.05, 4.69) is 0 Å². The molecule has 0 amide bonds. The standard InChI is InChI=1S/C19H15Cl2FO3/c20-12-7-17(11-1-3-13(22)4-2-11)16(18(21)8-12)6-5-15-9-14(23)10-19(24)25-15/h1-8,14-15,23H,9-10H2/b6-5+/t14-,15+/m1/s1. The molecule has 6 heteroatoms. The van der Waals surface area contributed by atoms with E-state index in [9.17, 15) is 14.3 Å². The smallest absolute Gasteiger partial charge is 0.309 e. The van der Waals surface area contributed by atoms with Crippen LogP contribution in [0.1, 0.15) is 18.4 Å². The maximum atomic E-state index is 13.2. The number of benzene rings is 2. The highest BCUT2D eigenvalue weighted by atomic mass is 35.5. The first-order valence-corrected chi connectivity index (χ1v) is 8.48. The summed E-state index contributed by atoms with van der Waals surface area (Å²) in [4.78, 5) is 11.4. The largest absolute Gasteiger partial charge is 0.458 e. The fourth-order valence-corrected chi connectivity index (χ4v) is 3.31. The summed E-state index contributed by atoms with van der Waals surface area (Å²) in [6.45, 7) is 0. The van der Waals surface area contributed by atoms with E-state index in [0.717, 1.165) is 11.1 Å². The zero-order valence-electron chi connectivity index (χ0n) is 13.1. The Kier molecular flexibility index (Phi) is 5.42. The Labute approximate surface area is 154 Å². The molecule has 1 fully saturated rings. The maximum Gasteiger partial charge on any atom is 0.309 e. The van der Waals surface area contributed by atoms with Gasteiger partial charge in [-0.25, -0.2) is 4.39 Å². The number of carbonyl (C=O) groups is 1. The third-order valence-corrected chi connectivity index (χ3v) is 4.45. The van der Waals surface area contributed by atoms with Gasteiger partial charge in [0.25, 0.3) is 0 Å². The fourth-order valence-electron chi connectivity index (χ4n) is 2.75. The van der Waals surface area contributed by atoms with Crippen LogP contribution >= 0.6 is 23.2 Å². The molecule has 1 saturated heterocycles. The van der Waals surface area contributed by atoms with Crippen molar-refractivity contribution in [2.24, 2.45) is 0 Å². The average Bonchev–Trinajstić information content (AvgIpc) is 2.53. The Morgan fingerprint density at radius 1 is 1.20 bits per heavy atom. The number of rotatable bonds is 3. The van der Waals surface area contributed by atoms with Crippen LogP contribution in [0.4, 0.5) is 4.39 Å². The molecule has 0 radical (unpaired) electrons. The van der Waals surface area contributed by atoms with Crippen LogP contribution in [0.25, 0.3) is 17.2 Å². The van der Waals surface area contributed by atoms with Gasteiger partial charge in [0.05, 0.1) is 12.5 Å². The summed E-state index contributed by atoms with van der Waals surface area (Å²) in [5, 5.41) is 10.6. The minimum atomic E-state index is -0.715. The molecular weight excluding hydrogens is 366 g/mol. The zero-order chi connectivity index (χ0) is 18.0. The number of cyclic esters (lactones) is 1. The van der Waals surface area contributed by atoms with Gasteiger partial charge in [-0.3, -0.25) is 4.79 Å². The molecule has 1 aliphatic rings. The van der Waals surface area contributed by atoms with Crippen molar-refractivity contribution in [2.75, 3.05) is 0 Å². The first-order chi connectivity index (χ1) is 11.9. The van der Waals surface area contributed by atoms with Crippen molar-refractivity contribution in [3.8, 4) is 11.1 Å². The number of aliphatic hydroxyl groups is 1. The summed E-state index contributed by atoms with van der Waals surface area (Å²) in [6.07, 6.45) is 2.51. The number of hydrogen-bond donors (Lipinski definition) is 1. The molecule has 0 aromatic heterocycles. The molecule has 1 N–H and O–H groups in total. The summed E-state index contributed by atoms with van der Waals surface area (Å²) >= 11 is 12.4. The monoisotopic (exact) mass is 380 g/mol. The van der Waals surface area contributed by atoms with E-state index in [-0.39, 0.29) is 12.2 Å². The van der Waals surface area contributed by atoms with Crippen molar-refractivity contribution < 1.29 is 19.0 Å². The zero-order valence-corrected chi connectivity index (χ0v) is 14.6. The summed E-state index contributed by atoms with van der Waals surface area (Å²) < 4.78 is 18.4. The topological polar surface area (TPSA) is 46.5 Å². The molecule has 3 rings (SSSR count). The fraction of sp³-hybridized carbons (Fsp3) is 0.211. The Morgan fingerprint density at radius 2 is 1.92 bits per heavy atom. The van der Waals surface area contributed by atoms with Crippen molar-refractivity contribution in [2.45, 2.75) is 25.0 Å². The molecule has 0 aliphatic carbocycles. The lowest BCUT2D eigenvalue weighted by atomic mass is 9.98. The van der Waals surface area contributed by atoms with Gasteiger partial charge >= 0.3 is 5.97 Å². The van der Waals surface area contributed by atoms with Gasteiger partial charge in [0.1, 0.15) is 11.9 Å². The van der Waals surface area contributed by atoms with E-state index < -0.39 is 18.2 Å². The van der Waals surface area contributed by atoms with Gasteiger partial charge in [0.2, 0.25) is 0 Å². The Morgan fingerprint density at radius 3 is 2.60 bits per heavy atom. The first kappa shape index (κ1) is 17.9. The van der Waals surface area contributed by atoms with Crippen LogP contribution in [0.5, 0.6) is 0 Å². The van der Waals surface area contributed by atoms with E-state index in [1.807, 2.05) is 0 Å². The first-order valence-electron chi connectivity index (χ1n) is 7.73. The van der Waals surface area contributed by atoms with E-state index in [0.29, 0.717) is 22.0 Å². The SMILES string of the molecule is O=C1C[C@H](O)C[C@H](/C=C/c2c(Cl)cc(Cl)cc2-c2ccc(F)cc2)O1. The molecular formula is C19H15Cl2FO3. The third-order valence-electron chi connectivity index (χ3n) is 3.92. The van der Waals surface area contributed by atoms with Crippen LogP contribution in [-0.2, 0) is 9.53 Å². The molecule has 25 heavy (non-hydrogen) atoms. The highest BCUT2D eigenvalue weighted by Crippen LogP contribution is 2.34. The predicted octanol–water partition coefficient (Wildman–Crippen LogP) is 4.88. The second-order valence-corrected chi connectivity index (χ2v) is 6.68. The van der Waals surface area contributed by atoms with Crippen LogP contribution in [-0.4, -0.2) is 23.3 Å². The van der Waals surface area contributed by atoms with Crippen molar-refractivity contribution in [3.63, 3.8) is 0 Å². The minimum absolute atomic E-state index is 0.00682. The Bertz CT molecular complexity index is 818. The van der Waals surface area contributed by atoms with Crippen LogP contribution in [0.2, 0.25) is 10.0 Å². The average molecular weight is 381 g/mol. The molecule has 0 saturated carbocycles. The summed E-state index contributed by atoms with van der Waals surface area (Å²) in [5.41, 5.74) is 2.16. The second-order valence-electron chi connectivity index (χ2n) is 5.84. The molecule has 2 atom stereocenters. The minimum Gasteiger partial charge on any atom is -0.458 e. The van der Waals surface area contributed by atoms with E-state index in [1.54, 1.807) is 36.4 Å². The number of ether oxygens (including phenoxy) is 1. The number of halogens is 3. The lowest BCUT2D eigenvalue weighted by Crippen LogP contribution is -2.31. The molecule has 130 valence electrons. The molecule has 2 aromatic carbocycles. The van der Waals surface area contributed by atoms with E-state index in [1.165, 1.54) is 12.1 Å². The highest BCUT2D eigenvalue weighted by molar-refractivity contribution is 6.36. The lowest BCUT2D eigenvalue weighted by molar-refractivity contribution is -0.156. The van der Waals surface area contributed by atoms with Gasteiger partial charge in [-0.2, -0.15) is 0 Å². The molecule has 1 aliphatic heterocycles. The van der Waals surface area contributed by atoms with Gasteiger partial charge in [0, 0.05) is 22.0 Å². The third kappa shape index (κ3) is 4.40. The predicted molar refractivity (Wildman–Crippen MR) is 96.0 cm³/mol. The van der Waals surface area contributed by atoms with Gasteiger partial charge in [-0.1, -0.05) is 41.4 Å². The molecule has 3 nitrogen and oxygen atoms in total. The normalized spacial score (nSPS) is 20.7. The molecule has 0 bridgehead atoms. The van der Waals surface area contributed by atoms with E-state index in [4.69, 9.17) is 27.9 Å². The van der Waals surface area contributed by atoms with Crippen LogP contribution in [0.15, 0.2) is 42.5 Å². The van der Waals surface area contributed by atoms with Crippen molar-refractivity contribution in [1.29, 1.82) is 0 Å². The summed E-state index contributed by atoms with van der Waals surface area (Å²) in [7, 11) is 0. The quantitative estimate of drug-likeness (QED) is 0.771. The molecule has 0 spiro atoms. The van der Waals surface area contributed by atoms with Gasteiger partial charge in [-0.05, 0) is 41.5 Å². The number of esters is 1. The van der Waals surface area contributed by atoms with Crippen molar-refractivity contribution >= 4 is 35.2 Å². The van der Waals surface area contributed by atoms with Crippen molar-refractivity contribution in [3.05, 3.63) is 63.9 Å². The Balaban J connectivity index is 1.96. The lowest BCUT2D eigenvalue weighted by Gasteiger charge is -2.23. The summed E-state index contributed by atoms with van der Waals surface area (Å²) in [5.74, 6) is -0.772. The highest BCUT2D eigenvalue weighted by Gasteiger charge is 2.25. The second kappa shape index (κ2) is 7.56. The van der Waals surface area contributed by atoms with Crippen LogP contribution in [0.3, 0.4) is 0 Å². The van der Waals surface area contributed by atoms with Gasteiger partial charge < -0.3 is 9.84 Å². The van der Waals surface area contributed by atoms with Gasteiger partial charge in [0.15, 0.2) is 0 Å². The van der Waals surface area contributed by atoms with Crippen LogP contribution in [0, 0.1) is 5.82 Å². The number of carbonyl (C=O) groups excluding carboxylic acids is 1. The molecule has 1 heterocycles. The number of aliphatic hydroxyl groups excluding tert-OH is 1. The number of hydrogen-bond acceptors (Lipinski definition) is 3. The molecule has 2 aromatic rings. The van der Waals surface area contributed by atoms with Crippen molar-refractivity contribution in [1.82, 2.24) is 0 Å². The van der Waals surface area contributed by atoms with Gasteiger partial charge in [-0.15, -0.1) is 0 Å². The Hall–Kier alpha value is -1.88.